The summed E-state index contributed by atoms with van der Waals surface area (Å²) in [7, 11) is 0. The molecule has 2 amide bonds. The molecule has 1 atom stereocenters. The summed E-state index contributed by atoms with van der Waals surface area (Å²) in [5.74, 6) is 0.116. The molecule has 1 aromatic heterocycles. The quantitative estimate of drug-likeness (QED) is 0.869. The van der Waals surface area contributed by atoms with E-state index in [1.54, 1.807) is 0 Å². The molecular formula is C20H24N6O2. The number of imidazole rings is 1. The summed E-state index contributed by atoms with van der Waals surface area (Å²) in [6.45, 7) is 6.25. The van der Waals surface area contributed by atoms with Crippen LogP contribution >= 0.6 is 0 Å². The van der Waals surface area contributed by atoms with Crippen LogP contribution in [-0.4, -0.2) is 40.0 Å². The van der Waals surface area contributed by atoms with E-state index in [0.29, 0.717) is 6.54 Å². The minimum absolute atomic E-state index is 0.0566. The van der Waals surface area contributed by atoms with Gasteiger partial charge in [0.2, 0.25) is 0 Å². The van der Waals surface area contributed by atoms with Gasteiger partial charge < -0.3 is 9.74 Å². The number of amides is 2. The Morgan fingerprint density at radius 2 is 1.96 bits per heavy atom. The molecule has 0 aliphatic carbocycles. The van der Waals surface area contributed by atoms with Crippen molar-refractivity contribution in [1.82, 2.24) is 19.9 Å². The molecule has 1 N–H and O–H groups in total. The minimum atomic E-state index is -0.755. The number of nitrogens with one attached hydrogen (secondary N) is 1. The number of rotatable bonds is 2. The summed E-state index contributed by atoms with van der Waals surface area (Å²) in [5, 5.41) is 0. The van der Waals surface area contributed by atoms with Crippen LogP contribution in [0, 0.1) is 5.92 Å². The SMILES string of the molecule is CC(C)C1(c2ncn3c2CN(C(=O)N2CCCC2)c2ccccc2-3)N=CON1. The van der Waals surface area contributed by atoms with Crippen LogP contribution in [0.5, 0.6) is 0 Å². The third kappa shape index (κ3) is 2.37. The van der Waals surface area contributed by atoms with Crippen molar-refractivity contribution in [3.63, 3.8) is 0 Å². The zero-order valence-electron chi connectivity index (χ0n) is 16.1. The second kappa shape index (κ2) is 6.34. The molecule has 8 nitrogen and oxygen atoms in total. The average molecular weight is 380 g/mol. The number of hydroxylamine groups is 1. The van der Waals surface area contributed by atoms with Gasteiger partial charge in [-0.25, -0.2) is 14.8 Å². The molecule has 8 heteroatoms. The van der Waals surface area contributed by atoms with E-state index in [0.717, 1.165) is 48.7 Å². The van der Waals surface area contributed by atoms with Gasteiger partial charge in [0.15, 0.2) is 12.1 Å². The van der Waals surface area contributed by atoms with Crippen LogP contribution in [0.3, 0.4) is 0 Å². The fourth-order valence-corrected chi connectivity index (χ4v) is 4.33. The lowest BCUT2D eigenvalue weighted by Gasteiger charge is -2.35. The lowest BCUT2D eigenvalue weighted by atomic mass is 9.92. The van der Waals surface area contributed by atoms with E-state index in [9.17, 15) is 4.79 Å². The Kier molecular flexibility index (Phi) is 3.90. The van der Waals surface area contributed by atoms with Gasteiger partial charge in [-0.05, 0) is 25.0 Å². The van der Waals surface area contributed by atoms with Crippen LogP contribution in [-0.2, 0) is 17.0 Å². The second-order valence-corrected chi connectivity index (χ2v) is 7.84. The Hall–Kier alpha value is -2.87. The van der Waals surface area contributed by atoms with E-state index in [-0.39, 0.29) is 11.9 Å². The lowest BCUT2D eigenvalue weighted by Crippen LogP contribution is -2.46. The molecule has 5 rings (SSSR count). The van der Waals surface area contributed by atoms with Crippen molar-refractivity contribution in [2.24, 2.45) is 10.9 Å². The van der Waals surface area contributed by atoms with Crippen LogP contribution in [0.2, 0.25) is 0 Å². The summed E-state index contributed by atoms with van der Waals surface area (Å²) in [5.41, 5.74) is 5.89. The maximum Gasteiger partial charge on any atom is 0.324 e. The topological polar surface area (TPSA) is 75.0 Å². The Morgan fingerprint density at radius 1 is 1.21 bits per heavy atom. The van der Waals surface area contributed by atoms with Crippen molar-refractivity contribution in [3.8, 4) is 5.69 Å². The zero-order valence-corrected chi connectivity index (χ0v) is 16.1. The largest absolute Gasteiger partial charge is 0.394 e. The third-order valence-corrected chi connectivity index (χ3v) is 5.93. The number of urea groups is 1. The molecule has 1 unspecified atom stereocenters. The number of anilines is 1. The highest BCUT2D eigenvalue weighted by atomic mass is 16.7. The summed E-state index contributed by atoms with van der Waals surface area (Å²) >= 11 is 0. The van der Waals surface area contributed by atoms with Crippen molar-refractivity contribution in [2.75, 3.05) is 18.0 Å². The molecule has 1 saturated heterocycles. The maximum atomic E-state index is 13.3. The van der Waals surface area contributed by atoms with Gasteiger partial charge in [-0.1, -0.05) is 26.0 Å². The summed E-state index contributed by atoms with van der Waals surface area (Å²) in [4.78, 5) is 31.7. The van der Waals surface area contributed by atoms with Crippen molar-refractivity contribution >= 4 is 18.1 Å². The first-order valence-electron chi connectivity index (χ1n) is 9.81. The molecule has 0 spiro atoms. The van der Waals surface area contributed by atoms with Crippen LogP contribution in [0.1, 0.15) is 38.1 Å². The number of para-hydroxylation sites is 2. The average Bonchev–Trinajstić information content (AvgIpc) is 3.47. The highest BCUT2D eigenvalue weighted by Crippen LogP contribution is 2.40. The number of carbonyl (C=O) groups is 1. The Balaban J connectivity index is 1.63. The van der Waals surface area contributed by atoms with Crippen molar-refractivity contribution in [2.45, 2.75) is 38.9 Å². The monoisotopic (exact) mass is 380 g/mol. The fourth-order valence-electron chi connectivity index (χ4n) is 4.33. The Labute approximate surface area is 163 Å². The summed E-state index contributed by atoms with van der Waals surface area (Å²) < 4.78 is 2.07. The van der Waals surface area contributed by atoms with Gasteiger partial charge in [-0.15, -0.1) is 5.48 Å². The van der Waals surface area contributed by atoms with Gasteiger partial charge in [0.05, 0.1) is 23.6 Å². The maximum absolute atomic E-state index is 13.3. The van der Waals surface area contributed by atoms with Crippen LogP contribution in [0.4, 0.5) is 10.5 Å². The molecule has 3 aliphatic heterocycles. The Morgan fingerprint density at radius 3 is 2.64 bits per heavy atom. The standard InChI is InChI=1S/C20H24N6O2/c1-14(2)20(22-13-28-23-20)18-17-11-25(19(27)24-9-5-6-10-24)15-7-3-4-8-16(15)26(17)12-21-18/h3-4,7-8,12-14,23H,5-6,9-11H2,1-2H3. The van der Waals surface area contributed by atoms with Gasteiger partial charge >= 0.3 is 6.03 Å². The van der Waals surface area contributed by atoms with E-state index >= 15 is 0 Å². The molecule has 146 valence electrons. The van der Waals surface area contributed by atoms with Gasteiger partial charge in [0.25, 0.3) is 0 Å². The van der Waals surface area contributed by atoms with Crippen molar-refractivity contribution < 1.29 is 9.63 Å². The third-order valence-electron chi connectivity index (χ3n) is 5.93. The molecule has 3 aliphatic rings. The second-order valence-electron chi connectivity index (χ2n) is 7.84. The first kappa shape index (κ1) is 17.2. The van der Waals surface area contributed by atoms with Crippen LogP contribution < -0.4 is 10.4 Å². The van der Waals surface area contributed by atoms with E-state index < -0.39 is 5.66 Å². The minimum Gasteiger partial charge on any atom is -0.394 e. The number of fused-ring (bicyclic) bond motifs is 3. The van der Waals surface area contributed by atoms with Gasteiger partial charge in [-0.2, -0.15) is 0 Å². The molecule has 0 radical (unpaired) electrons. The lowest BCUT2D eigenvalue weighted by molar-refractivity contribution is 0.0854. The van der Waals surface area contributed by atoms with E-state index in [1.165, 1.54) is 6.40 Å². The summed E-state index contributed by atoms with van der Waals surface area (Å²) in [6, 6.07) is 8.04. The highest BCUT2D eigenvalue weighted by molar-refractivity contribution is 5.95. The smallest absolute Gasteiger partial charge is 0.324 e. The predicted molar refractivity (Wildman–Crippen MR) is 105 cm³/mol. The van der Waals surface area contributed by atoms with Gasteiger partial charge in [0.1, 0.15) is 12.0 Å². The highest BCUT2D eigenvalue weighted by Gasteiger charge is 2.45. The van der Waals surface area contributed by atoms with E-state index in [4.69, 9.17) is 9.82 Å². The molecule has 28 heavy (non-hydrogen) atoms. The Bertz CT molecular complexity index is 946. The normalized spacial score (nSPS) is 23.1. The first-order valence-corrected chi connectivity index (χ1v) is 9.81. The van der Waals surface area contributed by atoms with E-state index in [1.807, 2.05) is 40.4 Å². The number of hydrogen-bond donors (Lipinski definition) is 1. The fraction of sp³-hybridized carbons (Fsp3) is 0.450. The van der Waals surface area contributed by atoms with E-state index in [2.05, 4.69) is 28.9 Å². The molecular weight excluding hydrogens is 356 g/mol. The molecule has 1 aromatic carbocycles. The molecule has 2 aromatic rings. The first-order chi connectivity index (χ1) is 13.6. The number of carbonyl (C=O) groups excluding carboxylic acids is 1. The molecule has 4 heterocycles. The predicted octanol–water partition coefficient (Wildman–Crippen LogP) is 2.78. The number of nitrogens with zero attached hydrogens (tertiary/aromatic N) is 5. The van der Waals surface area contributed by atoms with Crippen molar-refractivity contribution in [1.29, 1.82) is 0 Å². The number of hydrogen-bond acceptors (Lipinski definition) is 5. The van der Waals surface area contributed by atoms with Crippen LogP contribution in [0.25, 0.3) is 5.69 Å². The molecule has 0 saturated carbocycles. The number of likely N-dealkylation sites (tertiary alicyclic amines) is 1. The van der Waals surface area contributed by atoms with Crippen LogP contribution in [0.15, 0.2) is 35.6 Å². The summed E-state index contributed by atoms with van der Waals surface area (Å²) in [6.07, 6.45) is 5.38. The number of benzene rings is 1. The molecule has 0 bridgehead atoms. The molecule has 1 fully saturated rings. The van der Waals surface area contributed by atoms with Crippen molar-refractivity contribution in [3.05, 3.63) is 42.0 Å². The number of aromatic nitrogens is 2. The van der Waals surface area contributed by atoms with Gasteiger partial charge in [0, 0.05) is 19.0 Å². The van der Waals surface area contributed by atoms with Gasteiger partial charge in [-0.3, -0.25) is 9.47 Å². The zero-order chi connectivity index (χ0) is 19.3. The number of aliphatic imine (C=N–C) groups is 1.